The topological polar surface area (TPSA) is 199 Å². The van der Waals surface area contributed by atoms with Gasteiger partial charge in [0, 0.05) is 37.2 Å². The molecule has 2 heterocycles. The normalized spacial score (nSPS) is 12.2. The van der Waals surface area contributed by atoms with E-state index in [1.807, 2.05) is 0 Å². The molecule has 0 aliphatic heterocycles. The second-order valence-electron chi connectivity index (χ2n) is 8.50. The molecule has 0 saturated carbocycles. The number of carboxylic acids is 2. The van der Waals surface area contributed by atoms with Crippen molar-refractivity contribution < 1.29 is 56.7 Å². The quantitative estimate of drug-likeness (QED) is 0.221. The number of rotatable bonds is 11. The Morgan fingerprint density at radius 2 is 1.71 bits per heavy atom. The molecule has 3 rings (SSSR count). The average Bonchev–Trinajstić information content (AvgIpc) is 2.93. The van der Waals surface area contributed by atoms with Crippen LogP contribution in [0.2, 0.25) is 0 Å². The van der Waals surface area contributed by atoms with Gasteiger partial charge < -0.3 is 26.0 Å². The molecule has 0 saturated heterocycles. The predicted octanol–water partition coefficient (Wildman–Crippen LogP) is 0.447. The number of aromatic nitrogens is 1. The Morgan fingerprint density at radius 1 is 1.10 bits per heavy atom. The van der Waals surface area contributed by atoms with Crippen molar-refractivity contribution in [2.24, 2.45) is 0 Å². The number of nitrogens with one attached hydrogen (secondary N) is 1. The number of aliphatic carboxylic acids is 2. The maximum absolute atomic E-state index is 12.8. The Labute approximate surface area is 237 Å². The van der Waals surface area contributed by atoms with Gasteiger partial charge in [-0.25, -0.2) is 13.2 Å². The number of amides is 1. The fourth-order valence-electron chi connectivity index (χ4n) is 3.30. The summed E-state index contributed by atoms with van der Waals surface area (Å²) in [6.07, 6.45) is -2.79. The zero-order chi connectivity index (χ0) is 31.7. The second kappa shape index (κ2) is 14.4. The van der Waals surface area contributed by atoms with Gasteiger partial charge in [0.2, 0.25) is 10.0 Å². The first-order valence-electron chi connectivity index (χ1n) is 12.0. The summed E-state index contributed by atoms with van der Waals surface area (Å²) < 4.78 is 64.9. The summed E-state index contributed by atoms with van der Waals surface area (Å²) in [6, 6.07) is 11.7. The third-order valence-electron chi connectivity index (χ3n) is 5.54. The first-order valence-corrected chi connectivity index (χ1v) is 13.5. The number of ether oxygens (including phenoxy) is 1. The number of hydrogen-bond donors (Lipinski definition) is 4. The van der Waals surface area contributed by atoms with Crippen molar-refractivity contribution in [2.75, 3.05) is 26.7 Å². The molecule has 13 nitrogen and oxygen atoms in total. The van der Waals surface area contributed by atoms with Gasteiger partial charge in [-0.15, -0.1) is 0 Å². The van der Waals surface area contributed by atoms with Crippen LogP contribution in [0.5, 0.6) is 5.75 Å². The molecule has 1 atom stereocenters. The Morgan fingerprint density at radius 3 is 2.26 bits per heavy atom. The summed E-state index contributed by atoms with van der Waals surface area (Å²) >= 11 is 0. The number of sulfonamides is 1. The molecule has 17 heteroatoms. The van der Waals surface area contributed by atoms with Crippen molar-refractivity contribution in [2.45, 2.75) is 23.5 Å². The number of pyridine rings is 2. The Kier molecular flexibility index (Phi) is 11.6. The van der Waals surface area contributed by atoms with Gasteiger partial charge in [0.05, 0.1) is 24.2 Å². The van der Waals surface area contributed by atoms with E-state index in [1.165, 1.54) is 40.9 Å². The van der Waals surface area contributed by atoms with Crippen molar-refractivity contribution in [3.05, 3.63) is 76.7 Å². The molecule has 0 bridgehead atoms. The number of likely N-dealkylation sites (N-methyl/N-ethyl adjacent to an activating group) is 1. The summed E-state index contributed by atoms with van der Waals surface area (Å²) in [4.78, 5) is 45.9. The van der Waals surface area contributed by atoms with E-state index in [-0.39, 0.29) is 10.5 Å². The molecule has 228 valence electrons. The van der Waals surface area contributed by atoms with Gasteiger partial charge in [-0.2, -0.15) is 17.5 Å². The molecule has 0 aliphatic carbocycles. The van der Waals surface area contributed by atoms with E-state index in [0.717, 1.165) is 26.1 Å². The molecule has 0 unspecified atom stereocenters. The average molecular weight is 618 g/mol. The highest BCUT2D eigenvalue weighted by atomic mass is 32.2. The van der Waals surface area contributed by atoms with Gasteiger partial charge in [0.15, 0.2) is 0 Å². The molecule has 3 aromatic rings. The van der Waals surface area contributed by atoms with Crippen molar-refractivity contribution in [3.63, 3.8) is 0 Å². The first kappa shape index (κ1) is 33.7. The number of alkyl halides is 3. The van der Waals surface area contributed by atoms with Crippen LogP contribution in [0.3, 0.4) is 0 Å². The van der Waals surface area contributed by atoms with Crippen LogP contribution in [-0.2, 0) is 19.6 Å². The molecular formula is C25H28F3N4O9S+. The van der Waals surface area contributed by atoms with Crippen molar-refractivity contribution in [1.29, 1.82) is 0 Å². The molecular weight excluding hydrogens is 589 g/mol. The smallest absolute Gasteiger partial charge is 0.490 e. The molecule has 1 amide bonds. The lowest BCUT2D eigenvalue weighted by Crippen LogP contribution is -2.50. The number of hydrogen-bond acceptors (Lipinski definition) is 7. The largest absolute Gasteiger partial charge is 0.492 e. The van der Waals surface area contributed by atoms with E-state index in [4.69, 9.17) is 14.6 Å². The lowest BCUT2D eigenvalue weighted by atomic mass is 10.2. The van der Waals surface area contributed by atoms with E-state index in [0.29, 0.717) is 22.2 Å². The number of quaternary nitrogens is 1. The lowest BCUT2D eigenvalue weighted by molar-refractivity contribution is -0.368. The highest BCUT2D eigenvalue weighted by Gasteiger charge is 2.38. The molecule has 0 spiro atoms. The number of nitrogens with zero attached hydrogens (tertiary/aromatic N) is 2. The number of benzene rings is 1. The minimum atomic E-state index is -5.08. The SMILES string of the molecule is CN([C@@H](CNC(=O)c1cc(=O)n2cc(OCCC[NH3+])ccc2c1)C(=O)O)S(=O)(=O)c1ccccc1.O=C(O)C(F)(F)F. The minimum absolute atomic E-state index is 0.0124. The molecule has 0 fully saturated rings. The number of halogens is 3. The summed E-state index contributed by atoms with van der Waals surface area (Å²) in [5, 5.41) is 19.1. The fourth-order valence-corrected chi connectivity index (χ4v) is 4.64. The van der Waals surface area contributed by atoms with Crippen LogP contribution < -0.4 is 21.3 Å². The summed E-state index contributed by atoms with van der Waals surface area (Å²) in [5.74, 6) is -4.40. The lowest BCUT2D eigenvalue weighted by Gasteiger charge is -2.24. The van der Waals surface area contributed by atoms with E-state index < -0.39 is 52.2 Å². The van der Waals surface area contributed by atoms with E-state index >= 15 is 0 Å². The summed E-state index contributed by atoms with van der Waals surface area (Å²) in [6.45, 7) is 0.682. The number of fused-ring (bicyclic) bond motifs is 1. The van der Waals surface area contributed by atoms with Crippen LogP contribution in [0.4, 0.5) is 13.2 Å². The predicted molar refractivity (Wildman–Crippen MR) is 140 cm³/mol. The van der Waals surface area contributed by atoms with Gasteiger partial charge in [0.25, 0.3) is 11.5 Å². The van der Waals surface area contributed by atoms with Gasteiger partial charge >= 0.3 is 18.1 Å². The van der Waals surface area contributed by atoms with E-state index in [9.17, 15) is 41.1 Å². The van der Waals surface area contributed by atoms with Crippen LogP contribution in [0.1, 0.15) is 16.8 Å². The number of carboxylic acid groups (broad SMARTS) is 2. The molecule has 6 N–H and O–H groups in total. The maximum atomic E-state index is 12.8. The van der Waals surface area contributed by atoms with Gasteiger partial charge in [-0.1, -0.05) is 18.2 Å². The minimum Gasteiger partial charge on any atom is -0.492 e. The van der Waals surface area contributed by atoms with E-state index in [2.05, 4.69) is 11.1 Å². The molecule has 0 aliphatic rings. The Balaban J connectivity index is 0.000000782. The van der Waals surface area contributed by atoms with Gasteiger partial charge in [0.1, 0.15) is 11.8 Å². The van der Waals surface area contributed by atoms with Crippen LogP contribution in [0, 0.1) is 0 Å². The Bertz CT molecular complexity index is 1580. The molecule has 42 heavy (non-hydrogen) atoms. The zero-order valence-electron chi connectivity index (χ0n) is 22.1. The van der Waals surface area contributed by atoms with Gasteiger partial charge in [-0.05, 0) is 30.3 Å². The van der Waals surface area contributed by atoms with Crippen molar-refractivity contribution >= 4 is 33.4 Å². The highest BCUT2D eigenvalue weighted by molar-refractivity contribution is 7.89. The number of carbonyl (C=O) groups excluding carboxylic acids is 1. The van der Waals surface area contributed by atoms with Crippen LogP contribution in [-0.4, -0.2) is 84.1 Å². The second-order valence-corrected chi connectivity index (χ2v) is 10.5. The monoisotopic (exact) mass is 617 g/mol. The standard InChI is InChI=1S/C23H26N4O7S.C2HF3O2/c1-26(35(32,33)19-6-3-2-4-7-19)20(23(30)31)14-25-22(29)16-12-17-8-9-18(34-11-5-10-24)15-27(17)21(28)13-16;3-2(4,5)1(6)7/h2-4,6-9,12-13,15,20H,5,10-11,14,24H2,1H3,(H,25,29)(H,30,31);(H,6,7)/p+1/t20-;/m0./s1. The van der Waals surface area contributed by atoms with Gasteiger partial charge in [-0.3, -0.25) is 18.8 Å². The third kappa shape index (κ3) is 9.02. The van der Waals surface area contributed by atoms with Crippen LogP contribution in [0.25, 0.3) is 5.52 Å². The molecule has 1 aromatic carbocycles. The Hall–Kier alpha value is -4.48. The van der Waals surface area contributed by atoms with Crippen molar-refractivity contribution in [1.82, 2.24) is 14.0 Å². The number of carbonyl (C=O) groups is 3. The van der Waals surface area contributed by atoms with Crippen molar-refractivity contribution in [3.8, 4) is 5.75 Å². The zero-order valence-corrected chi connectivity index (χ0v) is 22.9. The molecule has 0 radical (unpaired) electrons. The fraction of sp³-hybridized carbons (Fsp3) is 0.280. The van der Waals surface area contributed by atoms with Crippen LogP contribution >= 0.6 is 0 Å². The molecule has 2 aromatic heterocycles. The summed E-state index contributed by atoms with van der Waals surface area (Å²) in [5.41, 5.74) is 3.71. The summed E-state index contributed by atoms with van der Waals surface area (Å²) in [7, 11) is -2.98. The highest BCUT2D eigenvalue weighted by Crippen LogP contribution is 2.17. The van der Waals surface area contributed by atoms with Crippen LogP contribution in [0.15, 0.2) is 70.5 Å². The van der Waals surface area contributed by atoms with E-state index in [1.54, 1.807) is 18.2 Å². The maximum Gasteiger partial charge on any atom is 0.490 e. The first-order chi connectivity index (χ1) is 19.6. The third-order valence-corrected chi connectivity index (χ3v) is 7.42.